The summed E-state index contributed by atoms with van der Waals surface area (Å²) in [5, 5.41) is 14.0. The second-order valence-corrected chi connectivity index (χ2v) is 4.68. The lowest BCUT2D eigenvalue weighted by Gasteiger charge is -2.21. The van der Waals surface area contributed by atoms with E-state index in [0.717, 1.165) is 30.9 Å². The van der Waals surface area contributed by atoms with Crippen molar-refractivity contribution in [2.75, 3.05) is 20.6 Å². The van der Waals surface area contributed by atoms with Gasteiger partial charge in [-0.2, -0.15) is 0 Å². The largest absolute Gasteiger partial charge is 0.352 e. The van der Waals surface area contributed by atoms with Crippen LogP contribution in [0.15, 0.2) is 41.9 Å². The number of nitrogens with zero attached hydrogens (tertiary/aromatic N) is 3. The Bertz CT molecular complexity index is 520. The number of allylic oxidation sites excluding steroid dienone is 1. The molecule has 0 aliphatic rings. The third kappa shape index (κ3) is 6.88. The number of guanidine groups is 1. The van der Waals surface area contributed by atoms with Gasteiger partial charge in [-0.25, -0.2) is 0 Å². The lowest BCUT2D eigenvalue weighted by Crippen LogP contribution is -2.38. The summed E-state index contributed by atoms with van der Waals surface area (Å²) in [4.78, 5) is 16.6. The van der Waals surface area contributed by atoms with E-state index >= 15 is 0 Å². The molecule has 22 heavy (non-hydrogen) atoms. The maximum atomic E-state index is 10.7. The summed E-state index contributed by atoms with van der Waals surface area (Å²) in [5.41, 5.74) is 0.952. The summed E-state index contributed by atoms with van der Waals surface area (Å²) < 4.78 is 0. The first kappa shape index (κ1) is 20.4. The standard InChI is InChI=1S/C15H22N4O2.HI/c1-4-5-6-10-18(3)15(16-2)17-12-13-8-7-9-14(11-13)19(20)21;/h4,7-9,11H,1,5-6,10,12H2,2-3H3,(H,16,17);1H. The van der Waals surface area contributed by atoms with Gasteiger partial charge < -0.3 is 10.2 Å². The van der Waals surface area contributed by atoms with Gasteiger partial charge in [0.2, 0.25) is 0 Å². The average Bonchev–Trinajstić information content (AvgIpc) is 2.48. The van der Waals surface area contributed by atoms with Crippen LogP contribution in [0.4, 0.5) is 5.69 Å². The number of hydrogen-bond acceptors (Lipinski definition) is 3. The van der Waals surface area contributed by atoms with E-state index in [4.69, 9.17) is 0 Å². The number of nitrogens with one attached hydrogen (secondary N) is 1. The van der Waals surface area contributed by atoms with Crippen LogP contribution in [0.1, 0.15) is 18.4 Å². The Kier molecular flexibility index (Phi) is 10.2. The number of unbranched alkanes of at least 4 members (excludes halogenated alkanes) is 1. The Labute approximate surface area is 148 Å². The molecule has 1 rings (SSSR count). The lowest BCUT2D eigenvalue weighted by molar-refractivity contribution is -0.384. The van der Waals surface area contributed by atoms with Crippen LogP contribution < -0.4 is 5.32 Å². The van der Waals surface area contributed by atoms with Gasteiger partial charge in [0.15, 0.2) is 5.96 Å². The van der Waals surface area contributed by atoms with Crippen molar-refractivity contribution in [1.82, 2.24) is 10.2 Å². The molecule has 1 N–H and O–H groups in total. The SMILES string of the molecule is C=CCCCN(C)C(=NC)NCc1cccc([N+](=O)[O-])c1.I. The van der Waals surface area contributed by atoms with Crippen molar-refractivity contribution >= 4 is 35.6 Å². The van der Waals surface area contributed by atoms with E-state index in [1.807, 2.05) is 24.1 Å². The zero-order valence-corrected chi connectivity index (χ0v) is 15.3. The molecule has 0 saturated heterocycles. The Morgan fingerprint density at radius 3 is 2.86 bits per heavy atom. The summed E-state index contributed by atoms with van der Waals surface area (Å²) in [6, 6.07) is 6.59. The van der Waals surface area contributed by atoms with Crippen LogP contribution in [-0.4, -0.2) is 36.4 Å². The van der Waals surface area contributed by atoms with E-state index in [2.05, 4.69) is 16.9 Å². The summed E-state index contributed by atoms with van der Waals surface area (Å²) in [5.74, 6) is 0.769. The van der Waals surface area contributed by atoms with E-state index in [1.54, 1.807) is 19.2 Å². The molecular formula is C15H23IN4O2. The van der Waals surface area contributed by atoms with Gasteiger partial charge in [-0.15, -0.1) is 30.6 Å². The zero-order chi connectivity index (χ0) is 15.7. The molecule has 0 amide bonds. The van der Waals surface area contributed by atoms with Crippen LogP contribution in [0.2, 0.25) is 0 Å². The number of nitro groups is 1. The van der Waals surface area contributed by atoms with Crippen molar-refractivity contribution in [3.8, 4) is 0 Å². The molecule has 6 nitrogen and oxygen atoms in total. The molecule has 7 heteroatoms. The van der Waals surface area contributed by atoms with E-state index in [9.17, 15) is 10.1 Å². The third-order valence-corrected chi connectivity index (χ3v) is 3.05. The Hall–Kier alpha value is -1.64. The second-order valence-electron chi connectivity index (χ2n) is 4.68. The van der Waals surface area contributed by atoms with E-state index in [0.29, 0.717) is 6.54 Å². The van der Waals surface area contributed by atoms with Gasteiger partial charge in [0.1, 0.15) is 0 Å². The minimum Gasteiger partial charge on any atom is -0.352 e. The molecule has 0 unspecified atom stereocenters. The van der Waals surface area contributed by atoms with Crippen molar-refractivity contribution in [2.24, 2.45) is 4.99 Å². The number of benzene rings is 1. The molecular weight excluding hydrogens is 395 g/mol. The summed E-state index contributed by atoms with van der Waals surface area (Å²) in [6.45, 7) is 5.08. The molecule has 1 aromatic rings. The zero-order valence-electron chi connectivity index (χ0n) is 13.0. The first-order chi connectivity index (χ1) is 10.1. The van der Waals surface area contributed by atoms with Gasteiger partial charge in [-0.1, -0.05) is 18.2 Å². The van der Waals surface area contributed by atoms with Crippen LogP contribution in [-0.2, 0) is 6.54 Å². The number of rotatable bonds is 7. The van der Waals surface area contributed by atoms with E-state index in [-0.39, 0.29) is 34.6 Å². The van der Waals surface area contributed by atoms with Crippen molar-refractivity contribution < 1.29 is 4.92 Å². The fourth-order valence-corrected chi connectivity index (χ4v) is 1.92. The van der Waals surface area contributed by atoms with E-state index in [1.165, 1.54) is 6.07 Å². The molecule has 1 aromatic carbocycles. The molecule has 0 aliphatic heterocycles. The third-order valence-electron chi connectivity index (χ3n) is 3.05. The molecule has 0 aromatic heterocycles. The molecule has 0 aliphatic carbocycles. The van der Waals surface area contributed by atoms with Gasteiger partial charge in [0.05, 0.1) is 4.92 Å². The number of nitro benzene ring substituents is 1. The number of halogens is 1. The smallest absolute Gasteiger partial charge is 0.269 e. The molecule has 0 fully saturated rings. The van der Waals surface area contributed by atoms with Crippen LogP contribution >= 0.6 is 24.0 Å². The molecule has 0 spiro atoms. The summed E-state index contributed by atoms with van der Waals surface area (Å²) >= 11 is 0. The first-order valence-electron chi connectivity index (χ1n) is 6.84. The highest BCUT2D eigenvalue weighted by Crippen LogP contribution is 2.12. The molecule has 122 valence electrons. The topological polar surface area (TPSA) is 70.8 Å². The van der Waals surface area contributed by atoms with Crippen molar-refractivity contribution in [2.45, 2.75) is 19.4 Å². The molecule has 0 saturated carbocycles. The maximum Gasteiger partial charge on any atom is 0.269 e. The quantitative estimate of drug-likeness (QED) is 0.140. The van der Waals surface area contributed by atoms with Crippen molar-refractivity contribution in [3.63, 3.8) is 0 Å². The average molecular weight is 418 g/mol. The fraction of sp³-hybridized carbons (Fsp3) is 0.400. The van der Waals surface area contributed by atoms with Gasteiger partial charge in [0, 0.05) is 39.3 Å². The highest BCUT2D eigenvalue weighted by Gasteiger charge is 2.08. The molecule has 0 heterocycles. The van der Waals surface area contributed by atoms with Gasteiger partial charge in [0.25, 0.3) is 5.69 Å². The van der Waals surface area contributed by atoms with Crippen LogP contribution in [0, 0.1) is 10.1 Å². The fourth-order valence-electron chi connectivity index (χ4n) is 1.92. The lowest BCUT2D eigenvalue weighted by atomic mass is 10.2. The minimum atomic E-state index is -0.389. The normalized spacial score (nSPS) is 10.5. The molecule has 0 radical (unpaired) electrons. The number of aliphatic imine (C=N–C) groups is 1. The first-order valence-corrected chi connectivity index (χ1v) is 6.84. The molecule has 0 atom stereocenters. The summed E-state index contributed by atoms with van der Waals surface area (Å²) in [6.07, 6.45) is 3.87. The summed E-state index contributed by atoms with van der Waals surface area (Å²) in [7, 11) is 3.69. The maximum absolute atomic E-state index is 10.7. The predicted octanol–water partition coefficient (Wildman–Crippen LogP) is 3.19. The van der Waals surface area contributed by atoms with Crippen molar-refractivity contribution in [1.29, 1.82) is 0 Å². The second kappa shape index (κ2) is 11.0. The predicted molar refractivity (Wildman–Crippen MR) is 101 cm³/mol. The number of hydrogen-bond donors (Lipinski definition) is 1. The minimum absolute atomic E-state index is 0. The molecule has 0 bridgehead atoms. The van der Waals surface area contributed by atoms with Gasteiger partial charge >= 0.3 is 0 Å². The Morgan fingerprint density at radius 1 is 1.55 bits per heavy atom. The van der Waals surface area contributed by atoms with Gasteiger partial charge in [-0.05, 0) is 18.4 Å². The monoisotopic (exact) mass is 418 g/mol. The van der Waals surface area contributed by atoms with Crippen LogP contribution in [0.3, 0.4) is 0 Å². The Balaban J connectivity index is 0.00000441. The van der Waals surface area contributed by atoms with E-state index < -0.39 is 0 Å². The van der Waals surface area contributed by atoms with Crippen LogP contribution in [0.5, 0.6) is 0 Å². The highest BCUT2D eigenvalue weighted by molar-refractivity contribution is 14.0. The number of non-ortho nitro benzene ring substituents is 1. The highest BCUT2D eigenvalue weighted by atomic mass is 127. The van der Waals surface area contributed by atoms with Crippen molar-refractivity contribution in [3.05, 3.63) is 52.6 Å². The Morgan fingerprint density at radius 2 is 2.27 bits per heavy atom. The van der Waals surface area contributed by atoms with Crippen LogP contribution in [0.25, 0.3) is 0 Å². The van der Waals surface area contributed by atoms with Gasteiger partial charge in [-0.3, -0.25) is 15.1 Å².